The Morgan fingerprint density at radius 1 is 0.725 bits per heavy atom. The first kappa shape index (κ1) is 40.3. The molecule has 6 nitrogen and oxygen atoms in total. The van der Waals surface area contributed by atoms with Crippen molar-refractivity contribution in [1.29, 1.82) is 0 Å². The second-order valence-corrected chi connectivity index (χ2v) is 19.7. The summed E-state index contributed by atoms with van der Waals surface area (Å²) in [5.74, 6) is 2.76. The summed E-state index contributed by atoms with van der Waals surface area (Å²) >= 11 is 0. The molecule has 0 radical (unpaired) electrons. The highest BCUT2D eigenvalue weighted by molar-refractivity contribution is 5.83. The van der Waals surface area contributed by atoms with Gasteiger partial charge in [-0.25, -0.2) is 0 Å². The van der Waals surface area contributed by atoms with Crippen LogP contribution in [-0.4, -0.2) is 49.6 Å². The maximum atomic E-state index is 14.8. The molecule has 6 heteroatoms. The molecular weight excluding hydrogens is 634 g/mol. The number of hydrogen-bond donors (Lipinski definition) is 0. The summed E-state index contributed by atoms with van der Waals surface area (Å²) in [6.45, 7) is 21.9. The van der Waals surface area contributed by atoms with E-state index in [4.69, 9.17) is 9.47 Å². The Balaban J connectivity index is 1.25. The average molecular weight is 710 g/mol. The number of ether oxygens (including phenoxy) is 2. The van der Waals surface area contributed by atoms with Gasteiger partial charge in [0.05, 0.1) is 12.5 Å². The summed E-state index contributed by atoms with van der Waals surface area (Å²) < 4.78 is 10.7. The highest BCUT2D eigenvalue weighted by Gasteiger charge is 2.72. The van der Waals surface area contributed by atoms with E-state index in [1.807, 2.05) is 0 Å². The topological polar surface area (TPSA) is 72.9 Å². The van der Waals surface area contributed by atoms with Gasteiger partial charge in [0.25, 0.3) is 0 Å². The molecule has 5 saturated carbocycles. The molecule has 5 aliphatic carbocycles. The van der Waals surface area contributed by atoms with E-state index in [2.05, 4.69) is 60.1 Å². The first-order chi connectivity index (χ1) is 24.0. The highest BCUT2D eigenvalue weighted by Crippen LogP contribution is 2.77. The number of carbonyl (C=O) groups excluding carboxylic acids is 3. The van der Waals surface area contributed by atoms with Gasteiger partial charge in [-0.05, 0) is 130 Å². The molecule has 0 saturated heterocycles. The van der Waals surface area contributed by atoms with Crippen molar-refractivity contribution in [2.45, 2.75) is 177 Å². The molecule has 0 aromatic carbocycles. The third kappa shape index (κ3) is 7.10. The van der Waals surface area contributed by atoms with Crippen LogP contribution in [0, 0.1) is 56.7 Å². The molecule has 290 valence electrons. The zero-order chi connectivity index (χ0) is 37.4. The third-order valence-electron chi connectivity index (χ3n) is 16.9. The van der Waals surface area contributed by atoms with E-state index in [0.29, 0.717) is 41.9 Å². The average Bonchev–Trinajstić information content (AvgIpc) is 3.47. The normalized spacial score (nSPS) is 39.5. The lowest BCUT2D eigenvalue weighted by Gasteiger charge is -2.73. The van der Waals surface area contributed by atoms with Crippen molar-refractivity contribution in [2.75, 3.05) is 20.7 Å². The number of esters is 2. The third-order valence-corrected chi connectivity index (χ3v) is 16.9. The number of rotatable bonds is 14. The van der Waals surface area contributed by atoms with E-state index >= 15 is 0 Å². The quantitative estimate of drug-likeness (QED) is 0.102. The first-order valence-corrected chi connectivity index (χ1v) is 21.1. The maximum absolute atomic E-state index is 14.8. The second-order valence-electron chi connectivity index (χ2n) is 19.7. The Morgan fingerprint density at radius 3 is 2.00 bits per heavy atom. The Morgan fingerprint density at radius 2 is 1.37 bits per heavy atom. The van der Waals surface area contributed by atoms with Gasteiger partial charge >= 0.3 is 11.9 Å². The van der Waals surface area contributed by atoms with Crippen molar-refractivity contribution in [3.8, 4) is 0 Å². The van der Waals surface area contributed by atoms with Crippen molar-refractivity contribution in [3.63, 3.8) is 0 Å². The minimum Gasteiger partial charge on any atom is -0.469 e. The Kier molecular flexibility index (Phi) is 12.2. The number of fused-ring (bicyclic) bond motifs is 7. The van der Waals surface area contributed by atoms with Crippen molar-refractivity contribution in [1.82, 2.24) is 4.90 Å². The van der Waals surface area contributed by atoms with Crippen molar-refractivity contribution < 1.29 is 23.9 Å². The highest BCUT2D eigenvalue weighted by atomic mass is 16.5. The first-order valence-electron chi connectivity index (χ1n) is 21.1. The molecule has 0 N–H and O–H groups in total. The smallest absolute Gasteiger partial charge is 0.305 e. The minimum atomic E-state index is -0.249. The van der Waals surface area contributed by atoms with Crippen LogP contribution in [0.25, 0.3) is 0 Å². The number of nitrogens with zero attached hydrogens (tertiary/aromatic N) is 1. The number of methoxy groups -OCH3 is 1. The predicted octanol–water partition coefficient (Wildman–Crippen LogP) is 10.7. The van der Waals surface area contributed by atoms with Gasteiger partial charge < -0.3 is 14.4 Å². The zero-order valence-electron chi connectivity index (χ0n) is 34.3. The summed E-state index contributed by atoms with van der Waals surface area (Å²) in [7, 11) is 3.55. The molecule has 0 aliphatic heterocycles. The van der Waals surface area contributed by atoms with Crippen LogP contribution < -0.4 is 0 Å². The van der Waals surface area contributed by atoms with Crippen LogP contribution in [0.5, 0.6) is 0 Å². The molecule has 0 aromatic heterocycles. The van der Waals surface area contributed by atoms with Gasteiger partial charge in [-0.15, -0.1) is 0 Å². The molecule has 1 amide bonds. The standard InChI is InChI=1S/C45H75NO5/c1-31(2)33-22-27-45(40(49)46(9)30-18-16-14-12-11-13-15-17-19-38(48)50-10)29-28-43(7)34(39(33)45)20-21-36-42(6)25-24-37(51-32(3)47)41(4,5)35(42)23-26-44(36,43)8/h33-37,39H,1,11-30H2,2-10H3/t33-,34+,35-,36+,37-,39+,42-,43+,44+,45-/m0/s1. The van der Waals surface area contributed by atoms with Gasteiger partial charge in [0, 0.05) is 32.4 Å². The van der Waals surface area contributed by atoms with E-state index in [-0.39, 0.29) is 45.1 Å². The van der Waals surface area contributed by atoms with Gasteiger partial charge in [-0.3, -0.25) is 14.4 Å². The van der Waals surface area contributed by atoms with Crippen molar-refractivity contribution in [3.05, 3.63) is 12.2 Å². The van der Waals surface area contributed by atoms with Crippen LogP contribution in [0.15, 0.2) is 12.2 Å². The molecule has 10 atom stereocenters. The van der Waals surface area contributed by atoms with Gasteiger partial charge in [0.2, 0.25) is 5.91 Å². The van der Waals surface area contributed by atoms with Crippen molar-refractivity contribution in [2.24, 2.45) is 56.7 Å². The fraction of sp³-hybridized carbons (Fsp3) is 0.889. The molecule has 5 fully saturated rings. The fourth-order valence-corrected chi connectivity index (χ4v) is 14.2. The SMILES string of the molecule is C=C(C)[C@@H]1CC[C@]2(C(=O)N(C)CCCCCCCCCCC(=O)OC)CC[C@]3(C)[C@H](CC[C@@H]4[C@@]5(C)CC[C@H](OC(C)=O)C(C)(C)[C@@H]5CC[C@]43C)[C@@H]12. The molecule has 0 spiro atoms. The summed E-state index contributed by atoms with van der Waals surface area (Å²) in [6, 6.07) is 0. The van der Waals surface area contributed by atoms with E-state index in [0.717, 1.165) is 64.3 Å². The number of hydrogen-bond acceptors (Lipinski definition) is 5. The second kappa shape index (κ2) is 15.5. The zero-order valence-corrected chi connectivity index (χ0v) is 34.3. The van der Waals surface area contributed by atoms with Gasteiger partial charge in [-0.2, -0.15) is 0 Å². The van der Waals surface area contributed by atoms with Crippen molar-refractivity contribution >= 4 is 17.8 Å². The molecule has 0 bridgehead atoms. The summed E-state index contributed by atoms with van der Waals surface area (Å²) in [6.07, 6.45) is 21.0. The van der Waals surface area contributed by atoms with Crippen LogP contribution in [0.4, 0.5) is 0 Å². The summed E-state index contributed by atoms with van der Waals surface area (Å²) in [5.41, 5.74) is 1.68. The predicted molar refractivity (Wildman–Crippen MR) is 206 cm³/mol. The lowest BCUT2D eigenvalue weighted by Crippen LogP contribution is -2.67. The Bertz CT molecular complexity index is 1290. The number of allylic oxidation sites excluding steroid dienone is 1. The van der Waals surface area contributed by atoms with Gasteiger partial charge in [-0.1, -0.05) is 85.3 Å². The van der Waals surface area contributed by atoms with Crippen LogP contribution in [0.2, 0.25) is 0 Å². The molecule has 0 unspecified atom stereocenters. The number of unbranched alkanes of at least 4 members (excludes halogenated alkanes) is 7. The van der Waals surface area contributed by atoms with Gasteiger partial charge in [0.1, 0.15) is 6.10 Å². The minimum absolute atomic E-state index is 0.00728. The van der Waals surface area contributed by atoms with Crippen LogP contribution in [0.1, 0.15) is 170 Å². The fourth-order valence-electron chi connectivity index (χ4n) is 14.2. The molecule has 5 rings (SSSR count). The monoisotopic (exact) mass is 710 g/mol. The molecule has 0 heterocycles. The molecular formula is C45H75NO5. The lowest BCUT2D eigenvalue weighted by atomic mass is 9.32. The van der Waals surface area contributed by atoms with E-state index in [9.17, 15) is 14.4 Å². The summed E-state index contributed by atoms with van der Waals surface area (Å²) in [4.78, 5) is 40.3. The number of amides is 1. The number of carbonyl (C=O) groups is 3. The van der Waals surface area contributed by atoms with Gasteiger partial charge in [0.15, 0.2) is 0 Å². The maximum Gasteiger partial charge on any atom is 0.305 e. The van der Waals surface area contributed by atoms with E-state index in [1.165, 1.54) is 70.5 Å². The molecule has 5 aliphatic rings. The van der Waals surface area contributed by atoms with Crippen LogP contribution in [0.3, 0.4) is 0 Å². The van der Waals surface area contributed by atoms with E-state index in [1.54, 1.807) is 6.92 Å². The Hall–Kier alpha value is -1.85. The van der Waals surface area contributed by atoms with E-state index < -0.39 is 0 Å². The Labute approximate surface area is 312 Å². The van der Waals surface area contributed by atoms with Crippen LogP contribution >= 0.6 is 0 Å². The molecule has 51 heavy (non-hydrogen) atoms. The lowest BCUT2D eigenvalue weighted by molar-refractivity contribution is -0.249. The summed E-state index contributed by atoms with van der Waals surface area (Å²) in [5, 5.41) is 0. The largest absolute Gasteiger partial charge is 0.469 e. The molecule has 0 aromatic rings. The van der Waals surface area contributed by atoms with Crippen LogP contribution in [-0.2, 0) is 23.9 Å².